The summed E-state index contributed by atoms with van der Waals surface area (Å²) in [5.41, 5.74) is 0.750. The number of benzene rings is 1. The molecule has 2 atom stereocenters. The van der Waals surface area contributed by atoms with Crippen molar-refractivity contribution in [2.45, 2.75) is 19.3 Å². The molecular weight excluding hydrogens is 234 g/mol. The van der Waals surface area contributed by atoms with Crippen LogP contribution >= 0.6 is 0 Å². The summed E-state index contributed by atoms with van der Waals surface area (Å²) >= 11 is 0. The lowest BCUT2D eigenvalue weighted by Gasteiger charge is -2.29. The van der Waals surface area contributed by atoms with E-state index in [-0.39, 0.29) is 5.78 Å². The number of allylic oxidation sites excluding steroid dienone is 2. The van der Waals surface area contributed by atoms with E-state index in [1.165, 1.54) is 11.6 Å². The quantitative estimate of drug-likeness (QED) is 0.773. The molecule has 0 fully saturated rings. The van der Waals surface area contributed by atoms with E-state index in [0.29, 0.717) is 6.42 Å². The molecule has 19 heavy (non-hydrogen) atoms. The van der Waals surface area contributed by atoms with E-state index in [1.807, 2.05) is 24.3 Å². The van der Waals surface area contributed by atoms with Crippen molar-refractivity contribution in [1.29, 1.82) is 5.26 Å². The minimum atomic E-state index is -0.600. The van der Waals surface area contributed by atoms with E-state index in [1.54, 1.807) is 6.08 Å². The third-order valence-corrected chi connectivity index (χ3v) is 3.62. The van der Waals surface area contributed by atoms with E-state index in [9.17, 15) is 4.79 Å². The van der Waals surface area contributed by atoms with E-state index < -0.39 is 11.3 Å². The molecule has 0 spiro atoms. The zero-order valence-corrected chi connectivity index (χ0v) is 10.7. The molecule has 0 heterocycles. The molecule has 2 rings (SSSR count). The Bertz CT molecular complexity index is 574. The highest BCUT2D eigenvalue weighted by molar-refractivity contribution is 5.94. The summed E-state index contributed by atoms with van der Waals surface area (Å²) in [6, 6.07) is 12.1. The molecule has 1 aromatic rings. The first-order valence-corrected chi connectivity index (χ1v) is 6.33. The van der Waals surface area contributed by atoms with Crippen LogP contribution in [0, 0.1) is 35.0 Å². The van der Waals surface area contributed by atoms with Crippen molar-refractivity contribution < 1.29 is 4.79 Å². The Kier molecular flexibility index (Phi) is 3.83. The molecule has 0 N–H and O–H groups in total. The molecule has 1 aliphatic rings. The number of hydrogen-bond donors (Lipinski definition) is 0. The van der Waals surface area contributed by atoms with Crippen molar-refractivity contribution in [3.8, 4) is 18.4 Å². The van der Waals surface area contributed by atoms with Gasteiger partial charge in [0.25, 0.3) is 0 Å². The molecule has 0 amide bonds. The van der Waals surface area contributed by atoms with E-state index >= 15 is 0 Å². The molecule has 0 aromatic heterocycles. The average molecular weight is 249 g/mol. The van der Waals surface area contributed by atoms with Gasteiger partial charge in [0.05, 0.1) is 11.5 Å². The second kappa shape index (κ2) is 5.55. The van der Waals surface area contributed by atoms with E-state index in [4.69, 9.17) is 11.7 Å². The van der Waals surface area contributed by atoms with Crippen LogP contribution < -0.4 is 0 Å². The highest BCUT2D eigenvalue weighted by Gasteiger charge is 2.34. The second-order valence-electron chi connectivity index (χ2n) is 4.91. The number of carbonyl (C=O) groups is 1. The van der Waals surface area contributed by atoms with Gasteiger partial charge in [0.2, 0.25) is 0 Å². The van der Waals surface area contributed by atoms with Gasteiger partial charge in [-0.05, 0) is 30.9 Å². The molecular formula is C17H15NO. The second-order valence-corrected chi connectivity index (χ2v) is 4.91. The van der Waals surface area contributed by atoms with Gasteiger partial charge in [0.15, 0.2) is 5.78 Å². The number of terminal acetylenes is 1. The molecule has 2 nitrogen and oxygen atoms in total. The summed E-state index contributed by atoms with van der Waals surface area (Å²) in [7, 11) is 0. The van der Waals surface area contributed by atoms with Crippen molar-refractivity contribution >= 4 is 5.78 Å². The van der Waals surface area contributed by atoms with Gasteiger partial charge >= 0.3 is 0 Å². The van der Waals surface area contributed by atoms with Gasteiger partial charge in [-0.25, -0.2) is 0 Å². The molecule has 0 bridgehead atoms. The van der Waals surface area contributed by atoms with Crippen LogP contribution in [0.2, 0.25) is 0 Å². The predicted molar refractivity (Wildman–Crippen MR) is 73.9 cm³/mol. The smallest absolute Gasteiger partial charge is 0.172 e. The Labute approximate surface area is 113 Å². The molecule has 0 radical (unpaired) electrons. The zero-order valence-electron chi connectivity index (χ0n) is 10.7. The van der Waals surface area contributed by atoms with Crippen molar-refractivity contribution in [3.63, 3.8) is 0 Å². The Morgan fingerprint density at radius 3 is 2.74 bits per heavy atom. The van der Waals surface area contributed by atoms with Crippen LogP contribution in [0.1, 0.15) is 18.4 Å². The van der Waals surface area contributed by atoms with Gasteiger partial charge < -0.3 is 0 Å². The number of carbonyl (C=O) groups excluding carboxylic acids is 1. The molecule has 2 heteroatoms. The Morgan fingerprint density at radius 2 is 2.11 bits per heavy atom. The molecule has 1 aliphatic carbocycles. The summed E-state index contributed by atoms with van der Waals surface area (Å²) < 4.78 is 0. The van der Waals surface area contributed by atoms with Crippen molar-refractivity contribution in [1.82, 2.24) is 0 Å². The van der Waals surface area contributed by atoms with Gasteiger partial charge in [-0.2, -0.15) is 5.26 Å². The zero-order chi connectivity index (χ0) is 13.7. The number of nitriles is 1. The van der Waals surface area contributed by atoms with Crippen LogP contribution in [0.3, 0.4) is 0 Å². The lowest BCUT2D eigenvalue weighted by atomic mass is 9.71. The monoisotopic (exact) mass is 249 g/mol. The Balaban J connectivity index is 2.13. The lowest BCUT2D eigenvalue weighted by Crippen LogP contribution is -2.28. The maximum absolute atomic E-state index is 11.5. The maximum atomic E-state index is 11.5. The predicted octanol–water partition coefficient (Wildman–Crippen LogP) is 2.91. The molecule has 2 unspecified atom stereocenters. The van der Waals surface area contributed by atoms with E-state index in [2.05, 4.69) is 18.1 Å². The molecule has 0 saturated carbocycles. The largest absolute Gasteiger partial charge is 0.293 e. The summed E-state index contributed by atoms with van der Waals surface area (Å²) in [6.45, 7) is 0. The molecule has 0 saturated heterocycles. The Hall–Kier alpha value is -2.32. The summed E-state index contributed by atoms with van der Waals surface area (Å²) in [5.74, 6) is 2.05. The van der Waals surface area contributed by atoms with Crippen LogP contribution in [-0.2, 0) is 11.2 Å². The standard InChI is InChI=1S/C17H15NO/c1-2-17(10-8-14-6-4-3-5-7-14)11-9-16(19)15(12-17)13-18/h1,3-7,9,11,15H,8,10,12H2. The fourth-order valence-corrected chi connectivity index (χ4v) is 2.38. The van der Waals surface area contributed by atoms with Crippen molar-refractivity contribution in [3.05, 3.63) is 48.0 Å². The minimum Gasteiger partial charge on any atom is -0.293 e. The minimum absolute atomic E-state index is 0.131. The SMILES string of the molecule is C#CC1(CCc2ccccc2)C=CC(=O)C(C#N)C1. The molecule has 1 aromatic carbocycles. The van der Waals surface area contributed by atoms with Crippen molar-refractivity contribution in [2.24, 2.45) is 11.3 Å². The maximum Gasteiger partial charge on any atom is 0.172 e. The first kappa shape index (κ1) is 13.1. The molecule has 94 valence electrons. The summed E-state index contributed by atoms with van der Waals surface area (Å²) in [4.78, 5) is 11.5. The third-order valence-electron chi connectivity index (χ3n) is 3.62. The van der Waals surface area contributed by atoms with Gasteiger partial charge in [0, 0.05) is 0 Å². The first-order valence-electron chi connectivity index (χ1n) is 6.33. The summed E-state index contributed by atoms with van der Waals surface area (Å²) in [5, 5.41) is 9.00. The van der Waals surface area contributed by atoms with Gasteiger partial charge in [-0.1, -0.05) is 42.3 Å². The average Bonchev–Trinajstić information content (AvgIpc) is 2.48. The highest BCUT2D eigenvalue weighted by atomic mass is 16.1. The van der Waals surface area contributed by atoms with Crippen LogP contribution in [0.25, 0.3) is 0 Å². The third kappa shape index (κ3) is 2.92. The van der Waals surface area contributed by atoms with Gasteiger partial charge in [0.1, 0.15) is 5.92 Å². The van der Waals surface area contributed by atoms with Crippen LogP contribution in [0.15, 0.2) is 42.5 Å². The highest BCUT2D eigenvalue weighted by Crippen LogP contribution is 2.36. The normalized spacial score (nSPS) is 25.6. The number of ketones is 1. The van der Waals surface area contributed by atoms with Gasteiger partial charge in [-0.15, -0.1) is 6.42 Å². The molecule has 0 aliphatic heterocycles. The number of rotatable bonds is 3. The van der Waals surface area contributed by atoms with Gasteiger partial charge in [-0.3, -0.25) is 4.79 Å². The number of aryl methyl sites for hydroxylation is 1. The van der Waals surface area contributed by atoms with E-state index in [0.717, 1.165) is 12.8 Å². The van der Waals surface area contributed by atoms with Crippen molar-refractivity contribution in [2.75, 3.05) is 0 Å². The number of hydrogen-bond acceptors (Lipinski definition) is 2. The van der Waals surface area contributed by atoms with Crippen LogP contribution in [0.4, 0.5) is 0 Å². The fraction of sp³-hybridized carbons (Fsp3) is 0.294. The Morgan fingerprint density at radius 1 is 1.37 bits per heavy atom. The first-order chi connectivity index (χ1) is 9.19. The number of nitrogens with zero attached hydrogens (tertiary/aromatic N) is 1. The van der Waals surface area contributed by atoms with Crippen LogP contribution in [0.5, 0.6) is 0 Å². The van der Waals surface area contributed by atoms with Crippen LogP contribution in [-0.4, -0.2) is 5.78 Å². The topological polar surface area (TPSA) is 40.9 Å². The fourth-order valence-electron chi connectivity index (χ4n) is 2.38. The summed E-state index contributed by atoms with van der Waals surface area (Å²) in [6.07, 6.45) is 11.0. The lowest BCUT2D eigenvalue weighted by molar-refractivity contribution is -0.117.